The van der Waals surface area contributed by atoms with Crippen LogP contribution in [0.2, 0.25) is 5.02 Å². The molecular weight excluding hydrogens is 443 g/mol. The molecule has 0 saturated heterocycles. The number of thioether (sulfide) groups is 1. The molecular formula is C17H13BrClFN4OS. The smallest absolute Gasteiger partial charge is 0.234 e. The average Bonchev–Trinajstić information content (AvgIpc) is 3.06. The molecule has 1 heterocycles. The number of aromatic nitrogens is 3. The van der Waals surface area contributed by atoms with Crippen molar-refractivity contribution in [2.45, 2.75) is 12.1 Å². The van der Waals surface area contributed by atoms with Crippen LogP contribution in [0, 0.1) is 12.7 Å². The van der Waals surface area contributed by atoms with E-state index in [0.717, 1.165) is 11.3 Å². The first-order chi connectivity index (χ1) is 12.4. The van der Waals surface area contributed by atoms with Gasteiger partial charge in [0, 0.05) is 9.50 Å². The van der Waals surface area contributed by atoms with E-state index in [9.17, 15) is 9.18 Å². The zero-order valence-corrected chi connectivity index (χ0v) is 16.7. The summed E-state index contributed by atoms with van der Waals surface area (Å²) >= 11 is 10.5. The molecule has 26 heavy (non-hydrogen) atoms. The molecule has 0 bridgehead atoms. The van der Waals surface area contributed by atoms with Crippen molar-refractivity contribution in [2.24, 2.45) is 0 Å². The van der Waals surface area contributed by atoms with Crippen molar-refractivity contribution in [1.82, 2.24) is 14.8 Å². The van der Waals surface area contributed by atoms with Crippen LogP contribution in [0.5, 0.6) is 0 Å². The Labute approximate surface area is 167 Å². The Kier molecular flexibility index (Phi) is 5.95. The molecule has 0 aliphatic carbocycles. The summed E-state index contributed by atoms with van der Waals surface area (Å²) in [5.74, 6) is -0.781. The molecule has 0 atom stereocenters. The number of hydrogen-bond donors (Lipinski definition) is 1. The maximum Gasteiger partial charge on any atom is 0.234 e. The van der Waals surface area contributed by atoms with Crippen LogP contribution < -0.4 is 5.32 Å². The van der Waals surface area contributed by atoms with Gasteiger partial charge in [0.1, 0.15) is 12.1 Å². The van der Waals surface area contributed by atoms with E-state index in [-0.39, 0.29) is 17.3 Å². The number of hydrogen-bond acceptors (Lipinski definition) is 4. The number of benzene rings is 2. The summed E-state index contributed by atoms with van der Waals surface area (Å²) < 4.78 is 16.1. The molecule has 0 radical (unpaired) electrons. The second kappa shape index (κ2) is 8.20. The number of anilines is 1. The Balaban J connectivity index is 1.68. The van der Waals surface area contributed by atoms with Crippen molar-refractivity contribution >= 4 is 50.9 Å². The summed E-state index contributed by atoms with van der Waals surface area (Å²) in [6.45, 7) is 1.92. The largest absolute Gasteiger partial charge is 0.323 e. The Morgan fingerprint density at radius 2 is 2.15 bits per heavy atom. The standard InChI is InChI=1S/C17H13BrClFN4OS/c1-10-2-4-12(7-13(10)19)24-9-21-23-17(24)26-8-16(25)22-15-5-3-11(18)6-14(15)20/h2-7,9H,8H2,1H3,(H,22,25). The summed E-state index contributed by atoms with van der Waals surface area (Å²) in [5, 5.41) is 11.6. The molecule has 2 aromatic carbocycles. The highest BCUT2D eigenvalue weighted by molar-refractivity contribution is 9.10. The highest BCUT2D eigenvalue weighted by Gasteiger charge is 2.12. The molecule has 0 unspecified atom stereocenters. The first-order valence-corrected chi connectivity index (χ1v) is 9.64. The van der Waals surface area contributed by atoms with Crippen LogP contribution in [0.15, 0.2) is 52.4 Å². The Hall–Kier alpha value is -1.90. The van der Waals surface area contributed by atoms with Crippen molar-refractivity contribution in [1.29, 1.82) is 0 Å². The van der Waals surface area contributed by atoms with E-state index in [4.69, 9.17) is 11.6 Å². The molecule has 0 spiro atoms. The number of carbonyl (C=O) groups excluding carboxylic acids is 1. The first-order valence-electron chi connectivity index (χ1n) is 7.48. The third kappa shape index (κ3) is 4.44. The van der Waals surface area contributed by atoms with Gasteiger partial charge in [-0.1, -0.05) is 45.4 Å². The number of rotatable bonds is 5. The number of aryl methyl sites for hydroxylation is 1. The minimum atomic E-state index is -0.504. The second-order valence-electron chi connectivity index (χ2n) is 5.38. The van der Waals surface area contributed by atoms with Crippen LogP contribution in [0.25, 0.3) is 5.69 Å². The van der Waals surface area contributed by atoms with E-state index in [2.05, 4.69) is 31.4 Å². The van der Waals surface area contributed by atoms with Gasteiger partial charge in [-0.2, -0.15) is 0 Å². The van der Waals surface area contributed by atoms with Crippen LogP contribution in [0.4, 0.5) is 10.1 Å². The molecule has 1 N–H and O–H groups in total. The SMILES string of the molecule is Cc1ccc(-n2cnnc2SCC(=O)Nc2ccc(Br)cc2F)cc1Cl. The van der Waals surface area contributed by atoms with Crippen molar-refractivity contribution in [3.63, 3.8) is 0 Å². The summed E-state index contributed by atoms with van der Waals surface area (Å²) in [5.41, 5.74) is 1.90. The maximum atomic E-state index is 13.8. The van der Waals surface area contributed by atoms with Crippen molar-refractivity contribution < 1.29 is 9.18 Å². The molecule has 0 aliphatic heterocycles. The van der Waals surface area contributed by atoms with E-state index >= 15 is 0 Å². The van der Waals surface area contributed by atoms with Crippen LogP contribution in [-0.2, 0) is 4.79 Å². The van der Waals surface area contributed by atoms with Gasteiger partial charge in [0.05, 0.1) is 17.1 Å². The summed E-state index contributed by atoms with van der Waals surface area (Å²) in [6.07, 6.45) is 1.55. The monoisotopic (exact) mass is 454 g/mol. The fraction of sp³-hybridized carbons (Fsp3) is 0.118. The normalized spacial score (nSPS) is 10.8. The quantitative estimate of drug-likeness (QED) is 0.558. The van der Waals surface area contributed by atoms with E-state index in [1.807, 2.05) is 25.1 Å². The minimum absolute atomic E-state index is 0.0633. The Morgan fingerprint density at radius 1 is 1.35 bits per heavy atom. The second-order valence-corrected chi connectivity index (χ2v) is 7.64. The predicted molar refractivity (Wildman–Crippen MR) is 105 cm³/mol. The van der Waals surface area contributed by atoms with Gasteiger partial charge in [0.15, 0.2) is 5.16 Å². The van der Waals surface area contributed by atoms with Gasteiger partial charge in [0.25, 0.3) is 0 Å². The molecule has 0 aliphatic rings. The van der Waals surface area contributed by atoms with Gasteiger partial charge in [-0.3, -0.25) is 9.36 Å². The summed E-state index contributed by atoms with van der Waals surface area (Å²) in [6, 6.07) is 10.0. The number of amides is 1. The lowest BCUT2D eigenvalue weighted by molar-refractivity contribution is -0.113. The lowest BCUT2D eigenvalue weighted by Gasteiger charge is -2.09. The highest BCUT2D eigenvalue weighted by Crippen LogP contribution is 2.24. The van der Waals surface area contributed by atoms with E-state index in [1.54, 1.807) is 17.0 Å². The zero-order valence-electron chi connectivity index (χ0n) is 13.5. The van der Waals surface area contributed by atoms with Crippen molar-refractivity contribution in [3.05, 3.63) is 63.6 Å². The fourth-order valence-corrected chi connectivity index (χ4v) is 3.38. The third-order valence-corrected chi connectivity index (χ3v) is 5.33. The van der Waals surface area contributed by atoms with Gasteiger partial charge in [-0.15, -0.1) is 10.2 Å². The van der Waals surface area contributed by atoms with E-state index < -0.39 is 5.82 Å². The van der Waals surface area contributed by atoms with Crippen LogP contribution in [0.1, 0.15) is 5.56 Å². The maximum absolute atomic E-state index is 13.8. The summed E-state index contributed by atoms with van der Waals surface area (Å²) in [7, 11) is 0. The number of nitrogens with one attached hydrogen (secondary N) is 1. The van der Waals surface area contributed by atoms with Gasteiger partial charge in [0.2, 0.25) is 5.91 Å². The molecule has 9 heteroatoms. The van der Waals surface area contributed by atoms with Gasteiger partial charge in [-0.05, 0) is 42.8 Å². The molecule has 1 aromatic heterocycles. The molecule has 5 nitrogen and oxygen atoms in total. The molecule has 1 amide bonds. The number of nitrogens with zero attached hydrogens (tertiary/aromatic N) is 3. The molecule has 134 valence electrons. The first kappa shape index (κ1) is 18.9. The van der Waals surface area contributed by atoms with Crippen LogP contribution in [0.3, 0.4) is 0 Å². The minimum Gasteiger partial charge on any atom is -0.323 e. The van der Waals surface area contributed by atoms with Gasteiger partial charge in [-0.25, -0.2) is 4.39 Å². The van der Waals surface area contributed by atoms with E-state index in [0.29, 0.717) is 14.7 Å². The van der Waals surface area contributed by atoms with Gasteiger partial charge >= 0.3 is 0 Å². The highest BCUT2D eigenvalue weighted by atomic mass is 79.9. The summed E-state index contributed by atoms with van der Waals surface area (Å²) in [4.78, 5) is 12.1. The van der Waals surface area contributed by atoms with Crippen LogP contribution in [-0.4, -0.2) is 26.4 Å². The average molecular weight is 456 g/mol. The van der Waals surface area contributed by atoms with Crippen molar-refractivity contribution in [2.75, 3.05) is 11.1 Å². The third-order valence-electron chi connectivity index (χ3n) is 3.49. The molecule has 3 rings (SSSR count). The zero-order chi connectivity index (χ0) is 18.7. The van der Waals surface area contributed by atoms with E-state index in [1.165, 1.54) is 23.9 Å². The lowest BCUT2D eigenvalue weighted by Crippen LogP contribution is -2.15. The molecule has 3 aromatic rings. The molecule has 0 fully saturated rings. The van der Waals surface area contributed by atoms with Crippen LogP contribution >= 0.6 is 39.3 Å². The lowest BCUT2D eigenvalue weighted by atomic mass is 10.2. The Bertz CT molecular complexity index is 966. The van der Waals surface area contributed by atoms with Gasteiger partial charge < -0.3 is 5.32 Å². The topological polar surface area (TPSA) is 59.8 Å². The number of halogens is 3. The Morgan fingerprint density at radius 3 is 2.88 bits per heavy atom. The molecule has 0 saturated carbocycles. The fourth-order valence-electron chi connectivity index (χ4n) is 2.14. The number of carbonyl (C=O) groups is 1. The predicted octanol–water partition coefficient (Wildman–Crippen LogP) is 4.86. The van der Waals surface area contributed by atoms with Crippen molar-refractivity contribution in [3.8, 4) is 5.69 Å².